The maximum Gasteiger partial charge on any atom is 0.326 e. The van der Waals surface area contributed by atoms with E-state index in [1.807, 2.05) is 0 Å². The minimum Gasteiger partial charge on any atom is -0.480 e. The van der Waals surface area contributed by atoms with Crippen LogP contribution in [-0.2, 0) is 9.53 Å². The number of anilines is 1. The third kappa shape index (κ3) is 4.81. The molecule has 0 aliphatic heterocycles. The molecule has 1 aromatic heterocycles. The average molecular weight is 282 g/mol. The molecular weight excluding hydrogens is 264 g/mol. The van der Waals surface area contributed by atoms with E-state index in [9.17, 15) is 9.59 Å². The van der Waals surface area contributed by atoms with Crippen LogP contribution in [0.25, 0.3) is 0 Å². The number of hydrogen-bond donors (Lipinski definition) is 3. The van der Waals surface area contributed by atoms with Crippen molar-refractivity contribution in [2.75, 3.05) is 26.1 Å². The van der Waals surface area contributed by atoms with Crippen molar-refractivity contribution >= 4 is 17.7 Å². The van der Waals surface area contributed by atoms with Crippen LogP contribution in [0.1, 0.15) is 23.3 Å². The van der Waals surface area contributed by atoms with Crippen LogP contribution in [-0.4, -0.2) is 54.0 Å². The molecule has 1 aromatic rings. The topological polar surface area (TPSA) is 113 Å². The van der Waals surface area contributed by atoms with Gasteiger partial charge in [0.25, 0.3) is 5.91 Å². The maximum absolute atomic E-state index is 11.3. The number of hydrogen-bond acceptors (Lipinski definition) is 6. The largest absolute Gasteiger partial charge is 0.480 e. The average Bonchev–Trinajstić information content (AvgIpc) is 2.46. The second kappa shape index (κ2) is 8.05. The molecule has 1 amide bonds. The van der Waals surface area contributed by atoms with E-state index in [0.717, 1.165) is 0 Å². The summed E-state index contributed by atoms with van der Waals surface area (Å²) in [6.45, 7) is 0.493. The number of nitrogens with one attached hydrogen (secondary N) is 2. The molecule has 0 saturated heterocycles. The first-order valence-electron chi connectivity index (χ1n) is 6.12. The van der Waals surface area contributed by atoms with Crippen LogP contribution in [0.15, 0.2) is 12.1 Å². The molecule has 3 N–H and O–H groups in total. The third-order valence-corrected chi connectivity index (χ3v) is 2.59. The van der Waals surface area contributed by atoms with Crippen molar-refractivity contribution < 1.29 is 19.4 Å². The number of carboxylic acid groups (broad SMARTS) is 1. The zero-order valence-corrected chi connectivity index (χ0v) is 11.4. The molecule has 0 aromatic carbocycles. The number of aromatic nitrogens is 2. The molecule has 8 nitrogen and oxygen atoms in total. The number of rotatable bonds is 8. The Labute approximate surface area is 116 Å². The van der Waals surface area contributed by atoms with Gasteiger partial charge in [0.1, 0.15) is 11.9 Å². The number of ether oxygens (including phenoxy) is 1. The van der Waals surface area contributed by atoms with Gasteiger partial charge in [-0.1, -0.05) is 0 Å². The van der Waals surface area contributed by atoms with Crippen LogP contribution >= 0.6 is 0 Å². The SMILES string of the molecule is CNC(=O)c1ccc(NC(CCCOC)C(=O)O)nn1. The first-order valence-corrected chi connectivity index (χ1v) is 6.12. The molecule has 20 heavy (non-hydrogen) atoms. The minimum absolute atomic E-state index is 0.171. The van der Waals surface area contributed by atoms with Gasteiger partial charge < -0.3 is 20.5 Å². The Kier molecular flexibility index (Phi) is 6.38. The van der Waals surface area contributed by atoms with Crippen LogP contribution in [0.3, 0.4) is 0 Å². The van der Waals surface area contributed by atoms with Gasteiger partial charge in [0.05, 0.1) is 0 Å². The van der Waals surface area contributed by atoms with Crippen LogP contribution in [0.4, 0.5) is 5.82 Å². The smallest absolute Gasteiger partial charge is 0.326 e. The van der Waals surface area contributed by atoms with Crippen molar-refractivity contribution in [2.45, 2.75) is 18.9 Å². The van der Waals surface area contributed by atoms with Gasteiger partial charge in [0.15, 0.2) is 5.69 Å². The van der Waals surface area contributed by atoms with Crippen LogP contribution in [0, 0.1) is 0 Å². The molecule has 0 radical (unpaired) electrons. The second-order valence-corrected chi connectivity index (χ2v) is 4.05. The molecule has 110 valence electrons. The molecule has 0 saturated carbocycles. The van der Waals surface area contributed by atoms with E-state index in [1.165, 1.54) is 19.2 Å². The summed E-state index contributed by atoms with van der Waals surface area (Å²) in [6, 6.07) is 2.22. The predicted molar refractivity (Wildman–Crippen MR) is 71.6 cm³/mol. The number of carbonyl (C=O) groups is 2. The van der Waals surface area contributed by atoms with E-state index in [1.54, 1.807) is 7.11 Å². The molecular formula is C12H18N4O4. The summed E-state index contributed by atoms with van der Waals surface area (Å²) in [5.74, 6) is -1.01. The lowest BCUT2D eigenvalue weighted by atomic mass is 10.1. The van der Waals surface area contributed by atoms with Crippen molar-refractivity contribution in [1.82, 2.24) is 15.5 Å². The molecule has 1 unspecified atom stereocenters. The first kappa shape index (κ1) is 15.8. The summed E-state index contributed by atoms with van der Waals surface area (Å²) in [5, 5.41) is 21.8. The fourth-order valence-electron chi connectivity index (χ4n) is 1.53. The summed E-state index contributed by atoms with van der Waals surface area (Å²) in [4.78, 5) is 22.4. The van der Waals surface area contributed by atoms with Gasteiger partial charge in [-0.25, -0.2) is 4.79 Å². The number of amides is 1. The number of carboxylic acids is 1. The van der Waals surface area contributed by atoms with Crippen molar-refractivity contribution in [3.63, 3.8) is 0 Å². The van der Waals surface area contributed by atoms with Gasteiger partial charge in [0.2, 0.25) is 0 Å². The Balaban J connectivity index is 2.64. The molecule has 0 bridgehead atoms. The molecule has 1 heterocycles. The Bertz CT molecular complexity index is 449. The zero-order valence-electron chi connectivity index (χ0n) is 11.4. The van der Waals surface area contributed by atoms with E-state index in [0.29, 0.717) is 25.3 Å². The van der Waals surface area contributed by atoms with Crippen LogP contribution in [0.2, 0.25) is 0 Å². The monoisotopic (exact) mass is 282 g/mol. The number of aliphatic carboxylic acids is 1. The highest BCUT2D eigenvalue weighted by Crippen LogP contribution is 2.08. The van der Waals surface area contributed by atoms with E-state index >= 15 is 0 Å². The Morgan fingerprint density at radius 3 is 2.65 bits per heavy atom. The zero-order chi connectivity index (χ0) is 15.0. The highest BCUT2D eigenvalue weighted by Gasteiger charge is 2.17. The van der Waals surface area contributed by atoms with Crippen molar-refractivity contribution in [1.29, 1.82) is 0 Å². The Morgan fingerprint density at radius 1 is 1.40 bits per heavy atom. The van der Waals surface area contributed by atoms with Gasteiger partial charge in [-0.15, -0.1) is 10.2 Å². The highest BCUT2D eigenvalue weighted by molar-refractivity contribution is 5.91. The van der Waals surface area contributed by atoms with E-state index in [2.05, 4.69) is 20.8 Å². The van der Waals surface area contributed by atoms with Gasteiger partial charge in [-0.3, -0.25) is 4.79 Å². The summed E-state index contributed by atoms with van der Waals surface area (Å²) >= 11 is 0. The molecule has 0 spiro atoms. The lowest BCUT2D eigenvalue weighted by Gasteiger charge is -2.14. The summed E-state index contributed by atoms with van der Waals surface area (Å²) < 4.78 is 4.88. The first-order chi connectivity index (χ1) is 9.58. The predicted octanol–water partition coefficient (Wildman–Crippen LogP) is 0.128. The van der Waals surface area contributed by atoms with Crippen LogP contribution < -0.4 is 10.6 Å². The number of methoxy groups -OCH3 is 1. The molecule has 0 fully saturated rings. The van der Waals surface area contributed by atoms with Crippen molar-refractivity contribution in [3.8, 4) is 0 Å². The molecule has 1 atom stereocenters. The third-order valence-electron chi connectivity index (χ3n) is 2.59. The fourth-order valence-corrected chi connectivity index (χ4v) is 1.53. The maximum atomic E-state index is 11.3. The van der Waals surface area contributed by atoms with Gasteiger partial charge in [0, 0.05) is 20.8 Å². The Morgan fingerprint density at radius 2 is 2.15 bits per heavy atom. The quantitative estimate of drug-likeness (QED) is 0.581. The molecule has 0 aliphatic rings. The lowest BCUT2D eigenvalue weighted by Crippen LogP contribution is -2.30. The number of carbonyl (C=O) groups excluding carboxylic acids is 1. The van der Waals surface area contributed by atoms with Gasteiger partial charge >= 0.3 is 5.97 Å². The standard InChI is InChI=1S/C12H18N4O4/c1-13-11(17)8-5-6-10(16-15-8)14-9(12(18)19)4-3-7-20-2/h5-6,9H,3-4,7H2,1-2H3,(H,13,17)(H,14,16)(H,18,19). The van der Waals surface area contributed by atoms with Crippen LogP contribution in [0.5, 0.6) is 0 Å². The summed E-state index contributed by atoms with van der Waals surface area (Å²) in [5.41, 5.74) is 0.171. The molecule has 8 heteroatoms. The fraction of sp³-hybridized carbons (Fsp3) is 0.500. The highest BCUT2D eigenvalue weighted by atomic mass is 16.5. The lowest BCUT2D eigenvalue weighted by molar-refractivity contribution is -0.138. The van der Waals surface area contributed by atoms with Gasteiger partial charge in [-0.05, 0) is 25.0 Å². The normalized spacial score (nSPS) is 11.7. The van der Waals surface area contributed by atoms with Crippen molar-refractivity contribution in [3.05, 3.63) is 17.8 Å². The van der Waals surface area contributed by atoms with E-state index in [-0.39, 0.29) is 11.6 Å². The molecule has 0 aliphatic carbocycles. The Hall–Kier alpha value is -2.22. The minimum atomic E-state index is -0.974. The van der Waals surface area contributed by atoms with E-state index in [4.69, 9.17) is 9.84 Å². The van der Waals surface area contributed by atoms with E-state index < -0.39 is 12.0 Å². The number of nitrogens with zero attached hydrogens (tertiary/aromatic N) is 2. The second-order valence-electron chi connectivity index (χ2n) is 4.05. The summed E-state index contributed by atoms with van der Waals surface area (Å²) in [7, 11) is 3.05. The summed E-state index contributed by atoms with van der Waals surface area (Å²) in [6.07, 6.45) is 1.02. The molecule has 1 rings (SSSR count). The van der Waals surface area contributed by atoms with Crippen molar-refractivity contribution in [2.24, 2.45) is 0 Å². The van der Waals surface area contributed by atoms with Gasteiger partial charge in [-0.2, -0.15) is 0 Å².